The third-order valence-corrected chi connectivity index (χ3v) is 7.91. The first-order valence-corrected chi connectivity index (χ1v) is 14.7. The number of nitrogens with one attached hydrogen (secondary N) is 1. The van der Waals surface area contributed by atoms with Crippen LogP contribution in [-0.4, -0.2) is 49.2 Å². The van der Waals surface area contributed by atoms with E-state index in [1.54, 1.807) is 30.7 Å². The molecule has 2 aromatic carbocycles. The summed E-state index contributed by atoms with van der Waals surface area (Å²) in [5.74, 6) is 0.267. The quantitative estimate of drug-likeness (QED) is 0.205. The molecule has 214 valence electrons. The lowest BCUT2D eigenvalue weighted by molar-refractivity contribution is -0.116. The second-order valence-electron chi connectivity index (χ2n) is 9.44. The zero-order valence-corrected chi connectivity index (χ0v) is 25.5. The Kier molecular flexibility index (Phi) is 10.4. The Morgan fingerprint density at radius 1 is 1.15 bits per heavy atom. The summed E-state index contributed by atoms with van der Waals surface area (Å²) in [5, 5.41) is 15.9. The van der Waals surface area contributed by atoms with E-state index >= 15 is 0 Å². The Hall–Kier alpha value is -3.82. The van der Waals surface area contributed by atoms with Crippen molar-refractivity contribution in [2.75, 3.05) is 18.5 Å². The number of hydrogen-bond acceptors (Lipinski definition) is 8. The highest BCUT2D eigenvalue weighted by Crippen LogP contribution is 2.30. The van der Waals surface area contributed by atoms with Crippen LogP contribution >= 0.6 is 22.9 Å². The van der Waals surface area contributed by atoms with Gasteiger partial charge in [0.2, 0.25) is 5.91 Å². The molecule has 2 heterocycles. The minimum absolute atomic E-state index is 0.0816. The van der Waals surface area contributed by atoms with Crippen molar-refractivity contribution in [2.45, 2.75) is 53.5 Å². The van der Waals surface area contributed by atoms with E-state index in [-0.39, 0.29) is 12.3 Å². The highest BCUT2D eigenvalue weighted by Gasteiger charge is 2.21. The minimum atomic E-state index is -0.556. The molecule has 1 N–H and O–H groups in total. The van der Waals surface area contributed by atoms with Crippen molar-refractivity contribution in [3.8, 4) is 0 Å². The molecule has 8 nitrogen and oxygen atoms in total. The summed E-state index contributed by atoms with van der Waals surface area (Å²) in [6, 6.07) is 12.7. The van der Waals surface area contributed by atoms with Crippen molar-refractivity contribution in [1.29, 1.82) is 0 Å². The van der Waals surface area contributed by atoms with E-state index in [1.165, 1.54) is 10.4 Å². The lowest BCUT2D eigenvalue weighted by Gasteiger charge is -2.19. The first kappa shape index (κ1) is 30.1. The van der Waals surface area contributed by atoms with Crippen molar-refractivity contribution in [1.82, 2.24) is 0 Å². The number of aryl methyl sites for hydroxylation is 2. The zero-order valence-electron chi connectivity index (χ0n) is 23.9. The van der Waals surface area contributed by atoms with Crippen LogP contribution in [0, 0.1) is 20.8 Å². The second-order valence-corrected chi connectivity index (χ2v) is 11.3. The third kappa shape index (κ3) is 7.68. The number of nitrogens with zero attached hydrogens (tertiary/aromatic N) is 4. The van der Waals surface area contributed by atoms with Gasteiger partial charge in [-0.05, 0) is 81.2 Å². The van der Waals surface area contributed by atoms with Crippen LogP contribution in [0.2, 0.25) is 5.02 Å². The number of rotatable bonds is 10. The van der Waals surface area contributed by atoms with Crippen LogP contribution in [0.4, 0.5) is 5.69 Å². The van der Waals surface area contributed by atoms with Crippen LogP contribution in [0.25, 0.3) is 0 Å². The van der Waals surface area contributed by atoms with Crippen LogP contribution in [0.3, 0.4) is 0 Å². The van der Waals surface area contributed by atoms with Gasteiger partial charge in [-0.3, -0.25) is 9.79 Å². The molecule has 0 saturated carbocycles. The average molecular weight is 592 g/mol. The number of ether oxygens (including phenoxy) is 1. The molecule has 10 heteroatoms. The van der Waals surface area contributed by atoms with Gasteiger partial charge in [-0.25, -0.2) is 0 Å². The lowest BCUT2D eigenvalue weighted by Crippen LogP contribution is -2.23. The number of oxime groups is 1. The number of hydrogen-bond donors (Lipinski definition) is 1. The Labute approximate surface area is 249 Å². The largest absolute Gasteiger partial charge is 0.475 e. The summed E-state index contributed by atoms with van der Waals surface area (Å²) in [6.07, 6.45) is 3.99. The Morgan fingerprint density at radius 2 is 1.93 bits per heavy atom. The molecule has 4 rings (SSSR count). The molecule has 0 aliphatic carbocycles. The number of fused-ring (bicyclic) bond motifs is 1. The highest BCUT2D eigenvalue weighted by molar-refractivity contribution is 7.12. The first-order chi connectivity index (χ1) is 19.8. The molecule has 0 unspecified atom stereocenters. The zero-order chi connectivity index (χ0) is 29.4. The summed E-state index contributed by atoms with van der Waals surface area (Å²) < 4.78 is 5.65. The Balaban J connectivity index is 1.64. The van der Waals surface area contributed by atoms with Crippen molar-refractivity contribution >= 4 is 58.6 Å². The average Bonchev–Trinajstić information content (AvgIpc) is 3.21. The highest BCUT2D eigenvalue weighted by atomic mass is 35.5. The predicted octanol–water partition coefficient (Wildman–Crippen LogP) is 6.91. The van der Waals surface area contributed by atoms with Gasteiger partial charge in [0, 0.05) is 49.8 Å². The van der Waals surface area contributed by atoms with Gasteiger partial charge in [0.05, 0.1) is 31.0 Å². The number of carbonyl (C=O) groups is 1. The number of aliphatic imine (C=N–C) groups is 1. The van der Waals surface area contributed by atoms with Crippen molar-refractivity contribution in [3.63, 3.8) is 0 Å². The van der Waals surface area contributed by atoms with Crippen LogP contribution in [-0.2, 0) is 20.8 Å². The van der Waals surface area contributed by atoms with Gasteiger partial charge >= 0.3 is 0 Å². The molecule has 0 fully saturated rings. The van der Waals surface area contributed by atoms with Gasteiger partial charge in [-0.2, -0.15) is 10.2 Å². The summed E-state index contributed by atoms with van der Waals surface area (Å²) in [4.78, 5) is 26.0. The number of halogens is 1. The number of anilines is 1. The molecule has 1 amide bonds. The summed E-state index contributed by atoms with van der Waals surface area (Å²) in [7, 11) is 0. The number of thiophene rings is 1. The normalized spacial score (nSPS) is 15.3. The van der Waals surface area contributed by atoms with E-state index in [2.05, 4.69) is 41.4 Å². The van der Waals surface area contributed by atoms with Crippen LogP contribution in [0.1, 0.15) is 57.8 Å². The number of carbonyl (C=O) groups excluding carboxylic acids is 1. The maximum atomic E-state index is 13.3. The Bertz CT molecular complexity index is 1510. The molecular weight excluding hydrogens is 558 g/mol. The second kappa shape index (κ2) is 14.2. The summed E-state index contributed by atoms with van der Waals surface area (Å²) in [5.41, 5.74) is 6.52. The smallest absolute Gasteiger partial charge is 0.257 e. The molecule has 1 aliphatic heterocycles. The Morgan fingerprint density at radius 3 is 2.61 bits per heavy atom. The standard InChI is InChI=1S/C31H34ClN5O3S/c1-6-33-34-18-26(36-30(22-8-10-24(32)11-9-22)29-19(3)20(4)41-21(29)5)17-28(38)35-25-12-13-27-23(16-25)14-15-39-31(27)37-40-7-2/h6,8-13,16,18,26H,7,14-15,17H2,1-5H3,(H,35,38)/b33-6+,34-18+,36-30?,37-31-/t26-/m0/s1. The molecule has 3 aromatic rings. The van der Waals surface area contributed by atoms with Crippen molar-refractivity contribution < 1.29 is 14.4 Å². The van der Waals surface area contributed by atoms with E-state index in [1.807, 2.05) is 49.4 Å². The minimum Gasteiger partial charge on any atom is -0.475 e. The molecule has 1 aromatic heterocycles. The molecule has 0 radical (unpaired) electrons. The van der Waals surface area contributed by atoms with E-state index in [4.69, 9.17) is 26.2 Å². The van der Waals surface area contributed by atoms with Crippen molar-refractivity contribution in [2.24, 2.45) is 20.4 Å². The van der Waals surface area contributed by atoms with Crippen LogP contribution in [0.5, 0.6) is 0 Å². The van der Waals surface area contributed by atoms with Crippen LogP contribution in [0.15, 0.2) is 62.8 Å². The molecule has 1 aliphatic rings. The molecule has 1 atom stereocenters. The lowest BCUT2D eigenvalue weighted by atomic mass is 9.98. The van der Waals surface area contributed by atoms with Gasteiger partial charge in [0.25, 0.3) is 5.90 Å². The maximum Gasteiger partial charge on any atom is 0.257 e. The summed E-state index contributed by atoms with van der Waals surface area (Å²) in [6.45, 7) is 10.9. The molecule has 41 heavy (non-hydrogen) atoms. The van der Waals surface area contributed by atoms with E-state index < -0.39 is 6.04 Å². The molecule has 0 spiro atoms. The fourth-order valence-corrected chi connectivity index (χ4v) is 5.73. The van der Waals surface area contributed by atoms with Crippen LogP contribution < -0.4 is 5.32 Å². The molecule has 0 bridgehead atoms. The third-order valence-electron chi connectivity index (χ3n) is 6.53. The van der Waals surface area contributed by atoms with Crippen molar-refractivity contribution in [3.05, 3.63) is 85.1 Å². The van der Waals surface area contributed by atoms with E-state index in [9.17, 15) is 4.79 Å². The van der Waals surface area contributed by atoms with Gasteiger partial charge in [0.15, 0.2) is 0 Å². The fraction of sp³-hybridized carbons (Fsp3) is 0.323. The fourth-order valence-electron chi connectivity index (χ4n) is 4.54. The van der Waals surface area contributed by atoms with E-state index in [0.717, 1.165) is 32.8 Å². The molecular formula is C31H34ClN5O3S. The number of benzene rings is 2. The van der Waals surface area contributed by atoms with E-state index in [0.29, 0.717) is 36.2 Å². The summed E-state index contributed by atoms with van der Waals surface area (Å²) >= 11 is 7.93. The topological polar surface area (TPSA) is 97.0 Å². The predicted molar refractivity (Wildman–Crippen MR) is 170 cm³/mol. The van der Waals surface area contributed by atoms with Gasteiger partial charge in [-0.1, -0.05) is 23.7 Å². The van der Waals surface area contributed by atoms with Gasteiger partial charge < -0.3 is 14.9 Å². The monoisotopic (exact) mass is 591 g/mol. The SMILES string of the molecule is C/C=N/N=C/[C@H](CC(=O)Nc1ccc2c(c1)CCO/C2=N\OCC)N=C(c1ccc(Cl)cc1)c1c(C)sc(C)c1C. The maximum absolute atomic E-state index is 13.3. The first-order valence-electron chi connectivity index (χ1n) is 13.5. The van der Waals surface area contributed by atoms with Gasteiger partial charge in [-0.15, -0.1) is 11.3 Å². The number of amides is 1. The van der Waals surface area contributed by atoms with Gasteiger partial charge in [0.1, 0.15) is 6.61 Å². The molecule has 0 saturated heterocycles.